The molecule has 1 aliphatic heterocycles. The molecule has 7 heteroatoms. The van der Waals surface area contributed by atoms with Gasteiger partial charge >= 0.3 is 0 Å². The van der Waals surface area contributed by atoms with Gasteiger partial charge in [-0.3, -0.25) is 20.2 Å². The summed E-state index contributed by atoms with van der Waals surface area (Å²) in [6, 6.07) is 2.44. The highest BCUT2D eigenvalue weighted by Gasteiger charge is 2.29. The Morgan fingerprint density at radius 1 is 1.31 bits per heavy atom. The number of nitrogens with one attached hydrogen (secondary N) is 1. The van der Waals surface area contributed by atoms with Crippen molar-refractivity contribution in [3.8, 4) is 0 Å². The van der Waals surface area contributed by atoms with Crippen LogP contribution in [-0.2, 0) is 6.42 Å². The fraction of sp³-hybridized carbons (Fsp3) is 0.333. The summed E-state index contributed by atoms with van der Waals surface area (Å²) in [4.78, 5) is 20.2. The van der Waals surface area contributed by atoms with Crippen LogP contribution in [0.15, 0.2) is 12.1 Å². The zero-order valence-electron chi connectivity index (χ0n) is 8.47. The Balaban J connectivity index is 2.60. The summed E-state index contributed by atoms with van der Waals surface area (Å²) in [5, 5.41) is 24.4. The molecular weight excluding hydrogens is 214 g/mol. The summed E-state index contributed by atoms with van der Waals surface area (Å²) in [5.74, 6) is 0. The van der Waals surface area contributed by atoms with Crippen LogP contribution >= 0.6 is 0 Å². The third-order valence-corrected chi connectivity index (χ3v) is 2.51. The van der Waals surface area contributed by atoms with Crippen molar-refractivity contribution in [2.75, 3.05) is 5.32 Å². The monoisotopic (exact) mass is 223 g/mol. The number of nitro benzene ring substituents is 2. The molecule has 1 aromatic rings. The van der Waals surface area contributed by atoms with Gasteiger partial charge in [-0.15, -0.1) is 0 Å². The molecule has 0 saturated carbocycles. The first kappa shape index (κ1) is 10.3. The van der Waals surface area contributed by atoms with Crippen LogP contribution in [0.5, 0.6) is 0 Å². The van der Waals surface area contributed by atoms with Gasteiger partial charge in [-0.1, -0.05) is 0 Å². The highest BCUT2D eigenvalue weighted by molar-refractivity contribution is 5.73. The summed E-state index contributed by atoms with van der Waals surface area (Å²) in [6.07, 6.45) is 0.567. The molecule has 0 amide bonds. The molecule has 1 atom stereocenters. The predicted octanol–water partition coefficient (Wildman–Crippen LogP) is 1.86. The zero-order chi connectivity index (χ0) is 11.9. The van der Waals surface area contributed by atoms with Crippen LogP contribution in [0.1, 0.15) is 12.5 Å². The van der Waals surface area contributed by atoms with Crippen molar-refractivity contribution in [1.82, 2.24) is 0 Å². The number of hydrogen-bond donors (Lipinski definition) is 1. The quantitative estimate of drug-likeness (QED) is 0.609. The Morgan fingerprint density at radius 3 is 2.56 bits per heavy atom. The maximum atomic E-state index is 10.8. The lowest BCUT2D eigenvalue weighted by atomic mass is 10.1. The number of nitro groups is 2. The number of hydrogen-bond acceptors (Lipinski definition) is 5. The van der Waals surface area contributed by atoms with E-state index in [1.807, 2.05) is 6.92 Å². The summed E-state index contributed by atoms with van der Waals surface area (Å²) < 4.78 is 0. The Hall–Kier alpha value is -2.18. The van der Waals surface area contributed by atoms with E-state index in [0.29, 0.717) is 17.7 Å². The van der Waals surface area contributed by atoms with Crippen LogP contribution in [0, 0.1) is 20.2 Å². The van der Waals surface area contributed by atoms with Crippen LogP contribution in [-0.4, -0.2) is 15.9 Å². The maximum absolute atomic E-state index is 10.8. The van der Waals surface area contributed by atoms with Crippen molar-refractivity contribution in [3.63, 3.8) is 0 Å². The molecule has 0 bridgehead atoms. The molecule has 0 spiro atoms. The molecule has 7 nitrogen and oxygen atoms in total. The van der Waals surface area contributed by atoms with Gasteiger partial charge in [-0.25, -0.2) is 0 Å². The third-order valence-electron chi connectivity index (χ3n) is 2.51. The van der Waals surface area contributed by atoms with Gasteiger partial charge < -0.3 is 5.32 Å². The lowest BCUT2D eigenvalue weighted by Gasteiger charge is -2.03. The van der Waals surface area contributed by atoms with Gasteiger partial charge in [0, 0.05) is 12.1 Å². The minimum atomic E-state index is -0.615. The van der Waals surface area contributed by atoms with Crippen molar-refractivity contribution >= 4 is 17.1 Å². The van der Waals surface area contributed by atoms with Crippen LogP contribution in [0.25, 0.3) is 0 Å². The Bertz CT molecular complexity index is 486. The highest BCUT2D eigenvalue weighted by atomic mass is 16.6. The second kappa shape index (κ2) is 3.44. The van der Waals surface area contributed by atoms with E-state index in [1.165, 1.54) is 6.07 Å². The molecule has 2 rings (SSSR count). The number of nitrogens with zero attached hydrogens (tertiary/aromatic N) is 2. The first-order chi connectivity index (χ1) is 7.49. The molecule has 0 aliphatic carbocycles. The number of non-ortho nitro benzene ring substituents is 1. The Labute approximate surface area is 90.4 Å². The van der Waals surface area contributed by atoms with Crippen molar-refractivity contribution in [3.05, 3.63) is 37.9 Å². The van der Waals surface area contributed by atoms with E-state index in [1.54, 1.807) is 0 Å². The summed E-state index contributed by atoms with van der Waals surface area (Å²) in [7, 11) is 0. The molecule has 0 radical (unpaired) electrons. The molecule has 16 heavy (non-hydrogen) atoms. The van der Waals surface area contributed by atoms with E-state index >= 15 is 0 Å². The lowest BCUT2D eigenvalue weighted by molar-refractivity contribution is -0.393. The highest BCUT2D eigenvalue weighted by Crippen LogP contribution is 2.38. The van der Waals surface area contributed by atoms with Gasteiger partial charge in [0.05, 0.1) is 15.9 Å². The first-order valence-corrected chi connectivity index (χ1v) is 4.71. The summed E-state index contributed by atoms with van der Waals surface area (Å²) in [5.41, 5.74) is 0.575. The van der Waals surface area contributed by atoms with Crippen LogP contribution < -0.4 is 5.32 Å². The van der Waals surface area contributed by atoms with Gasteiger partial charge in [0.15, 0.2) is 0 Å². The minimum Gasteiger partial charge on any atom is -0.376 e. The standard InChI is InChI=1S/C9H9N3O4/c1-5-2-6-3-7(11(13)14)4-8(12(15)16)9(6)10-5/h3-5,10H,2H2,1H3. The third kappa shape index (κ3) is 1.56. The number of fused-ring (bicyclic) bond motifs is 1. The molecule has 1 heterocycles. The van der Waals surface area contributed by atoms with E-state index in [2.05, 4.69) is 5.32 Å². The number of benzene rings is 1. The van der Waals surface area contributed by atoms with Crippen molar-refractivity contribution in [1.29, 1.82) is 0 Å². The van der Waals surface area contributed by atoms with E-state index in [9.17, 15) is 20.2 Å². The van der Waals surface area contributed by atoms with Crippen molar-refractivity contribution in [2.45, 2.75) is 19.4 Å². The SMILES string of the molecule is CC1Cc2cc([N+](=O)[O-])cc([N+](=O)[O-])c2N1. The lowest BCUT2D eigenvalue weighted by Crippen LogP contribution is -2.09. The van der Waals surface area contributed by atoms with Gasteiger partial charge in [-0.2, -0.15) is 0 Å². The molecule has 84 valence electrons. The van der Waals surface area contributed by atoms with Crippen molar-refractivity contribution in [2.24, 2.45) is 0 Å². The fourth-order valence-corrected chi connectivity index (χ4v) is 1.87. The number of anilines is 1. The van der Waals surface area contributed by atoms with E-state index in [4.69, 9.17) is 0 Å². The van der Waals surface area contributed by atoms with E-state index < -0.39 is 9.85 Å². The van der Waals surface area contributed by atoms with E-state index in [0.717, 1.165) is 6.07 Å². The van der Waals surface area contributed by atoms with Crippen LogP contribution in [0.3, 0.4) is 0 Å². The Kier molecular flexibility index (Phi) is 2.22. The van der Waals surface area contributed by atoms with Crippen LogP contribution in [0.2, 0.25) is 0 Å². The summed E-state index contributed by atoms with van der Waals surface area (Å²) in [6.45, 7) is 1.87. The second-order valence-corrected chi connectivity index (χ2v) is 3.76. The molecular formula is C9H9N3O4. The van der Waals surface area contributed by atoms with E-state index in [-0.39, 0.29) is 17.4 Å². The predicted molar refractivity (Wildman–Crippen MR) is 56.5 cm³/mol. The molecule has 1 unspecified atom stereocenters. The average Bonchev–Trinajstić information content (AvgIpc) is 2.55. The minimum absolute atomic E-state index is 0.0655. The maximum Gasteiger partial charge on any atom is 0.299 e. The second-order valence-electron chi connectivity index (χ2n) is 3.76. The van der Waals surface area contributed by atoms with Gasteiger partial charge in [-0.05, 0) is 18.9 Å². The summed E-state index contributed by atoms with van der Waals surface area (Å²) >= 11 is 0. The average molecular weight is 223 g/mol. The molecule has 1 aromatic carbocycles. The fourth-order valence-electron chi connectivity index (χ4n) is 1.87. The largest absolute Gasteiger partial charge is 0.376 e. The number of rotatable bonds is 2. The Morgan fingerprint density at radius 2 is 2.00 bits per heavy atom. The molecule has 0 fully saturated rings. The smallest absolute Gasteiger partial charge is 0.299 e. The van der Waals surface area contributed by atoms with Crippen LogP contribution in [0.4, 0.5) is 17.1 Å². The zero-order valence-corrected chi connectivity index (χ0v) is 8.47. The molecule has 0 aromatic heterocycles. The molecule has 0 saturated heterocycles. The first-order valence-electron chi connectivity index (χ1n) is 4.71. The molecule has 1 N–H and O–H groups in total. The topological polar surface area (TPSA) is 98.3 Å². The molecule has 1 aliphatic rings. The van der Waals surface area contributed by atoms with Gasteiger partial charge in [0.25, 0.3) is 11.4 Å². The van der Waals surface area contributed by atoms with Gasteiger partial charge in [0.1, 0.15) is 5.69 Å². The normalized spacial score (nSPS) is 17.7. The van der Waals surface area contributed by atoms with Crippen molar-refractivity contribution < 1.29 is 9.85 Å². The van der Waals surface area contributed by atoms with Gasteiger partial charge in [0.2, 0.25) is 0 Å².